The molecule has 2 heterocycles. The van der Waals surface area contributed by atoms with Crippen LogP contribution in [-0.2, 0) is 32.3 Å². The molecule has 0 aliphatic carbocycles. The van der Waals surface area contributed by atoms with Crippen molar-refractivity contribution in [2.45, 2.75) is 37.6 Å². The number of primary amides is 1. The summed E-state index contributed by atoms with van der Waals surface area (Å²) in [6, 6.07) is 6.05. The van der Waals surface area contributed by atoms with Crippen molar-refractivity contribution >= 4 is 44.1 Å². The number of hydrogen-bond acceptors (Lipinski definition) is 8. The largest absolute Gasteiger partial charge is 0.497 e. The number of anilines is 1. The Morgan fingerprint density at radius 3 is 2.53 bits per heavy atom. The number of benzene rings is 1. The van der Waals surface area contributed by atoms with Gasteiger partial charge in [0.2, 0.25) is 5.91 Å². The van der Waals surface area contributed by atoms with Gasteiger partial charge in [-0.05, 0) is 49.6 Å². The predicted molar refractivity (Wildman–Crippen MR) is 127 cm³/mol. The molecule has 34 heavy (non-hydrogen) atoms. The van der Waals surface area contributed by atoms with Crippen molar-refractivity contribution in [3.8, 4) is 5.75 Å². The highest BCUT2D eigenvalue weighted by molar-refractivity contribution is 7.91. The summed E-state index contributed by atoms with van der Waals surface area (Å²) in [6.45, 7) is 2.61. The van der Waals surface area contributed by atoms with Crippen molar-refractivity contribution in [2.24, 2.45) is 5.73 Å². The second kappa shape index (κ2) is 10.9. The van der Waals surface area contributed by atoms with Crippen molar-refractivity contribution in [3.63, 3.8) is 0 Å². The summed E-state index contributed by atoms with van der Waals surface area (Å²) < 4.78 is 35.1. The fourth-order valence-corrected chi connectivity index (χ4v) is 6.23. The number of sulfone groups is 1. The maximum Gasteiger partial charge on any atom is 0.410 e. The first-order chi connectivity index (χ1) is 16.2. The minimum absolute atomic E-state index is 0.0505. The lowest BCUT2D eigenvalue weighted by atomic mass is 10.0. The van der Waals surface area contributed by atoms with E-state index in [9.17, 15) is 22.8 Å². The molecule has 3 rings (SSSR count). The number of carbonyl (C=O) groups is 3. The van der Waals surface area contributed by atoms with Gasteiger partial charge in [-0.2, -0.15) is 0 Å². The second-order valence-corrected chi connectivity index (χ2v) is 10.8. The highest BCUT2D eigenvalue weighted by atomic mass is 32.2. The first-order valence-electron chi connectivity index (χ1n) is 10.7. The summed E-state index contributed by atoms with van der Waals surface area (Å²) in [5.41, 5.74) is 6.52. The number of hydrogen-bond donors (Lipinski definition) is 2. The normalized spacial score (nSPS) is 13.2. The third kappa shape index (κ3) is 5.86. The molecule has 0 spiro atoms. The molecule has 0 saturated carbocycles. The molecule has 0 saturated heterocycles. The maximum absolute atomic E-state index is 12.5. The molecule has 0 bridgehead atoms. The van der Waals surface area contributed by atoms with Gasteiger partial charge in [0.1, 0.15) is 10.8 Å². The van der Waals surface area contributed by atoms with E-state index in [1.54, 1.807) is 19.1 Å². The average molecular weight is 510 g/mol. The summed E-state index contributed by atoms with van der Waals surface area (Å²) in [4.78, 5) is 39.1. The van der Waals surface area contributed by atoms with Crippen molar-refractivity contribution in [1.82, 2.24) is 4.90 Å². The molecule has 1 aromatic heterocycles. The van der Waals surface area contributed by atoms with Gasteiger partial charge in [-0.1, -0.05) is 0 Å². The van der Waals surface area contributed by atoms with Crippen molar-refractivity contribution in [3.05, 3.63) is 40.3 Å². The van der Waals surface area contributed by atoms with Crippen LogP contribution in [0.5, 0.6) is 5.75 Å². The SMILES string of the molecule is CCOC(=O)N1CCc2c(sc(NC(=O)CCCS(=O)(=O)c3ccc(OC)cc3)c2C(N)=O)C1. The highest BCUT2D eigenvalue weighted by Crippen LogP contribution is 2.37. The monoisotopic (exact) mass is 509 g/mol. The molecular formula is C22H27N3O7S2. The molecule has 0 fully saturated rings. The molecule has 1 aliphatic rings. The summed E-state index contributed by atoms with van der Waals surface area (Å²) in [7, 11) is -2.06. The third-order valence-corrected chi connectivity index (χ3v) is 8.27. The molecule has 12 heteroatoms. The van der Waals surface area contributed by atoms with Crippen LogP contribution in [0.3, 0.4) is 0 Å². The molecule has 3 N–H and O–H groups in total. The summed E-state index contributed by atoms with van der Waals surface area (Å²) in [5, 5.41) is 3.00. The third-order valence-electron chi connectivity index (χ3n) is 5.32. The minimum atomic E-state index is -3.55. The zero-order chi connectivity index (χ0) is 24.9. The lowest BCUT2D eigenvalue weighted by Crippen LogP contribution is -2.36. The maximum atomic E-state index is 12.5. The molecule has 1 aromatic carbocycles. The van der Waals surface area contributed by atoms with Gasteiger partial charge in [0, 0.05) is 17.8 Å². The fourth-order valence-electron chi connectivity index (χ4n) is 3.64. The summed E-state index contributed by atoms with van der Waals surface area (Å²) in [6.07, 6.45) is 0.0310. The molecule has 184 valence electrons. The van der Waals surface area contributed by atoms with Gasteiger partial charge in [-0.3, -0.25) is 9.59 Å². The van der Waals surface area contributed by atoms with Gasteiger partial charge in [-0.25, -0.2) is 13.2 Å². The smallest absolute Gasteiger partial charge is 0.410 e. The van der Waals surface area contributed by atoms with E-state index in [0.717, 1.165) is 10.4 Å². The minimum Gasteiger partial charge on any atom is -0.497 e. The number of carbonyl (C=O) groups excluding carboxylic acids is 3. The van der Waals surface area contributed by atoms with Crippen molar-refractivity contribution in [1.29, 1.82) is 0 Å². The Labute approximate surface area is 201 Å². The van der Waals surface area contributed by atoms with Gasteiger partial charge >= 0.3 is 6.09 Å². The van der Waals surface area contributed by atoms with E-state index < -0.39 is 27.7 Å². The molecular weight excluding hydrogens is 482 g/mol. The number of ether oxygens (including phenoxy) is 2. The predicted octanol–water partition coefficient (Wildman–Crippen LogP) is 2.56. The van der Waals surface area contributed by atoms with E-state index in [0.29, 0.717) is 23.7 Å². The van der Waals surface area contributed by atoms with E-state index >= 15 is 0 Å². The van der Waals surface area contributed by atoms with Gasteiger partial charge in [0.05, 0.1) is 36.5 Å². The number of nitrogens with two attached hydrogens (primary N) is 1. The topological polar surface area (TPSA) is 145 Å². The Hall–Kier alpha value is -3.12. The molecule has 10 nitrogen and oxygen atoms in total. The lowest BCUT2D eigenvalue weighted by Gasteiger charge is -2.26. The van der Waals surface area contributed by atoms with Gasteiger partial charge < -0.3 is 25.4 Å². The second-order valence-electron chi connectivity index (χ2n) is 7.59. The average Bonchev–Trinajstić information content (AvgIpc) is 3.16. The van der Waals surface area contributed by atoms with E-state index in [2.05, 4.69) is 5.32 Å². The van der Waals surface area contributed by atoms with E-state index in [-0.39, 0.29) is 42.2 Å². The van der Waals surface area contributed by atoms with E-state index in [1.165, 1.54) is 35.5 Å². The van der Waals surface area contributed by atoms with Crippen LogP contribution in [0, 0.1) is 0 Å². The van der Waals surface area contributed by atoms with Crippen LogP contribution in [0.2, 0.25) is 0 Å². The van der Waals surface area contributed by atoms with Gasteiger partial charge in [-0.15, -0.1) is 11.3 Å². The molecule has 0 radical (unpaired) electrons. The number of nitrogens with zero attached hydrogens (tertiary/aromatic N) is 1. The molecule has 0 unspecified atom stereocenters. The summed E-state index contributed by atoms with van der Waals surface area (Å²) >= 11 is 1.18. The Balaban J connectivity index is 1.63. The standard InChI is InChI=1S/C22H27N3O7S2/c1-3-32-22(28)25-11-10-16-17(13-25)33-21(19(16)20(23)27)24-18(26)5-4-12-34(29,30)15-8-6-14(31-2)7-9-15/h6-9H,3-5,10-13H2,1-2H3,(H2,23,27)(H,24,26). The zero-order valence-corrected chi connectivity index (χ0v) is 20.6. The first-order valence-corrected chi connectivity index (χ1v) is 13.2. The number of rotatable bonds is 9. The Morgan fingerprint density at radius 1 is 1.21 bits per heavy atom. The highest BCUT2D eigenvalue weighted by Gasteiger charge is 2.30. The molecule has 2 aromatic rings. The number of thiophene rings is 1. The fraction of sp³-hybridized carbons (Fsp3) is 0.409. The number of methoxy groups -OCH3 is 1. The lowest BCUT2D eigenvalue weighted by molar-refractivity contribution is -0.116. The van der Waals surface area contributed by atoms with E-state index in [1.807, 2.05) is 0 Å². The Bertz CT molecular complexity index is 1170. The van der Waals surface area contributed by atoms with Crippen LogP contribution in [-0.4, -0.2) is 57.2 Å². The zero-order valence-electron chi connectivity index (χ0n) is 19.0. The van der Waals surface area contributed by atoms with Crippen LogP contribution in [0.25, 0.3) is 0 Å². The van der Waals surface area contributed by atoms with Crippen LogP contribution >= 0.6 is 11.3 Å². The van der Waals surface area contributed by atoms with Crippen molar-refractivity contribution in [2.75, 3.05) is 31.3 Å². The van der Waals surface area contributed by atoms with Crippen LogP contribution in [0.1, 0.15) is 40.6 Å². The number of amides is 3. The van der Waals surface area contributed by atoms with Crippen molar-refractivity contribution < 1.29 is 32.3 Å². The Kier molecular flexibility index (Phi) is 8.15. The summed E-state index contributed by atoms with van der Waals surface area (Å²) in [5.74, 6) is -0.745. The van der Waals surface area contributed by atoms with Gasteiger partial charge in [0.25, 0.3) is 5.91 Å². The molecule has 0 atom stereocenters. The van der Waals surface area contributed by atoms with Crippen LogP contribution in [0.4, 0.5) is 9.80 Å². The first kappa shape index (κ1) is 25.5. The Morgan fingerprint density at radius 2 is 1.91 bits per heavy atom. The quantitative estimate of drug-likeness (QED) is 0.528. The van der Waals surface area contributed by atoms with E-state index in [4.69, 9.17) is 15.2 Å². The molecule has 3 amide bonds. The van der Waals surface area contributed by atoms with Crippen LogP contribution in [0.15, 0.2) is 29.2 Å². The van der Waals surface area contributed by atoms with Gasteiger partial charge in [0.15, 0.2) is 9.84 Å². The number of fused-ring (bicyclic) bond motifs is 1. The molecule has 1 aliphatic heterocycles. The number of nitrogens with one attached hydrogen (secondary N) is 1. The van der Waals surface area contributed by atoms with Crippen LogP contribution < -0.4 is 15.8 Å².